The first-order chi connectivity index (χ1) is 13.9. The Hall–Kier alpha value is -2.78. The van der Waals surface area contributed by atoms with Crippen LogP contribution >= 0.6 is 0 Å². The fourth-order valence-corrected chi connectivity index (χ4v) is 3.35. The van der Waals surface area contributed by atoms with Crippen LogP contribution in [0.2, 0.25) is 0 Å². The second-order valence-electron chi connectivity index (χ2n) is 7.55. The van der Waals surface area contributed by atoms with Gasteiger partial charge in [-0.15, -0.1) is 0 Å². The van der Waals surface area contributed by atoms with Gasteiger partial charge in [0.05, 0.1) is 12.1 Å². The van der Waals surface area contributed by atoms with Crippen molar-refractivity contribution >= 4 is 17.7 Å². The lowest BCUT2D eigenvalue weighted by Gasteiger charge is -2.23. The Kier molecular flexibility index (Phi) is 6.60. The number of ether oxygens (including phenoxy) is 1. The Labute approximate surface area is 171 Å². The maximum atomic E-state index is 11.9. The molecule has 0 aromatic carbocycles. The number of anilines is 2. The van der Waals surface area contributed by atoms with E-state index in [0.717, 1.165) is 24.5 Å². The monoisotopic (exact) mass is 399 g/mol. The number of nitrogens with one attached hydrogen (secondary N) is 1. The molecule has 1 N–H and O–H groups in total. The van der Waals surface area contributed by atoms with E-state index in [4.69, 9.17) is 4.74 Å². The van der Waals surface area contributed by atoms with Gasteiger partial charge in [0.25, 0.3) is 5.91 Å². The van der Waals surface area contributed by atoms with Crippen LogP contribution in [0.5, 0.6) is 0 Å². The summed E-state index contributed by atoms with van der Waals surface area (Å²) >= 11 is 0. The molecule has 1 aliphatic heterocycles. The molecule has 29 heavy (non-hydrogen) atoms. The lowest BCUT2D eigenvalue weighted by atomic mass is 10.2. The molecule has 3 rings (SSSR count). The number of hydrogen-bond donors (Lipinski definition) is 1. The van der Waals surface area contributed by atoms with Crippen LogP contribution in [0.4, 0.5) is 11.8 Å². The third-order valence-corrected chi connectivity index (χ3v) is 5.07. The molecular weight excluding hydrogens is 370 g/mol. The van der Waals surface area contributed by atoms with Gasteiger partial charge in [0.1, 0.15) is 11.5 Å². The Morgan fingerprint density at radius 2 is 2.00 bits per heavy atom. The normalized spacial score (nSPS) is 18.9. The van der Waals surface area contributed by atoms with E-state index in [1.807, 2.05) is 12.1 Å². The van der Waals surface area contributed by atoms with Crippen molar-refractivity contribution in [3.63, 3.8) is 0 Å². The zero-order valence-corrected chi connectivity index (χ0v) is 17.7. The maximum Gasteiger partial charge on any atom is 0.271 e. The summed E-state index contributed by atoms with van der Waals surface area (Å²) in [5.41, 5.74) is 1.37. The van der Waals surface area contributed by atoms with Crippen molar-refractivity contribution in [2.45, 2.75) is 18.7 Å². The van der Waals surface area contributed by atoms with Crippen LogP contribution in [0.1, 0.15) is 16.1 Å². The topological polar surface area (TPSA) is 86.7 Å². The predicted octanol–water partition coefficient (Wildman–Crippen LogP) is 0.951. The minimum absolute atomic E-state index is 0.114. The summed E-state index contributed by atoms with van der Waals surface area (Å²) in [6.07, 6.45) is 3.59. The molecule has 0 aliphatic carbocycles. The van der Waals surface area contributed by atoms with Gasteiger partial charge < -0.3 is 24.8 Å². The summed E-state index contributed by atoms with van der Waals surface area (Å²) in [6.45, 7) is 2.17. The highest BCUT2D eigenvalue weighted by molar-refractivity contribution is 5.91. The summed E-state index contributed by atoms with van der Waals surface area (Å²) in [4.78, 5) is 31.0. The van der Waals surface area contributed by atoms with Gasteiger partial charge in [-0.3, -0.25) is 9.78 Å². The Morgan fingerprint density at radius 3 is 2.59 bits per heavy atom. The van der Waals surface area contributed by atoms with Crippen molar-refractivity contribution in [1.29, 1.82) is 0 Å². The van der Waals surface area contributed by atoms with E-state index in [0.29, 0.717) is 24.2 Å². The Bertz CT molecular complexity index is 826. The molecule has 2 aromatic rings. The molecular formula is C20H29N7O2. The quantitative estimate of drug-likeness (QED) is 0.737. The number of carbonyl (C=O) groups is 1. The summed E-state index contributed by atoms with van der Waals surface area (Å²) in [7, 11) is 9.31. The van der Waals surface area contributed by atoms with E-state index in [2.05, 4.69) is 44.2 Å². The molecule has 156 valence electrons. The van der Waals surface area contributed by atoms with Gasteiger partial charge in [0.2, 0.25) is 5.95 Å². The number of nitrogens with zero attached hydrogens (tertiary/aromatic N) is 6. The zero-order valence-electron chi connectivity index (χ0n) is 17.7. The van der Waals surface area contributed by atoms with Crippen molar-refractivity contribution in [2.75, 3.05) is 58.6 Å². The highest BCUT2D eigenvalue weighted by Crippen LogP contribution is 2.23. The van der Waals surface area contributed by atoms with E-state index in [1.165, 1.54) is 4.90 Å². The van der Waals surface area contributed by atoms with Crippen LogP contribution < -0.4 is 10.2 Å². The van der Waals surface area contributed by atoms with Gasteiger partial charge in [-0.05, 0) is 31.8 Å². The van der Waals surface area contributed by atoms with E-state index < -0.39 is 0 Å². The maximum absolute atomic E-state index is 11.9. The number of aromatic nitrogens is 3. The molecule has 1 aliphatic rings. The van der Waals surface area contributed by atoms with E-state index in [9.17, 15) is 4.79 Å². The molecule has 0 bridgehead atoms. The SMILES string of the molecule is CO[C@@H]1CN(c2ccnc(NCc3ccc(C(=O)N(C)C)nc3)n2)C[C@@H]1N(C)C. The van der Waals surface area contributed by atoms with Crippen molar-refractivity contribution in [2.24, 2.45) is 0 Å². The standard InChI is InChI=1S/C20H29N7O2/c1-25(2)16-12-27(13-17(16)29-5)18-8-9-21-20(24-18)23-11-14-6-7-15(22-10-14)19(28)26(3)4/h6-10,16-17H,11-13H2,1-5H3,(H,21,23,24)/t16-,17+/m0/s1. The van der Waals surface area contributed by atoms with E-state index in [-0.39, 0.29) is 12.0 Å². The van der Waals surface area contributed by atoms with E-state index in [1.54, 1.807) is 39.7 Å². The first-order valence-electron chi connectivity index (χ1n) is 9.56. The number of rotatable bonds is 7. The zero-order chi connectivity index (χ0) is 21.0. The predicted molar refractivity (Wildman–Crippen MR) is 112 cm³/mol. The first kappa shape index (κ1) is 20.9. The fourth-order valence-electron chi connectivity index (χ4n) is 3.35. The molecule has 0 saturated carbocycles. The first-order valence-corrected chi connectivity index (χ1v) is 9.56. The van der Waals surface area contributed by atoms with Crippen LogP contribution in [0.3, 0.4) is 0 Å². The summed E-state index contributed by atoms with van der Waals surface area (Å²) in [5, 5.41) is 3.23. The lowest BCUT2D eigenvalue weighted by molar-refractivity contribution is 0.0639. The van der Waals surface area contributed by atoms with Crippen LogP contribution in [0, 0.1) is 0 Å². The van der Waals surface area contributed by atoms with Gasteiger partial charge in [0, 0.05) is 53.2 Å². The van der Waals surface area contributed by atoms with Crippen molar-refractivity contribution in [3.8, 4) is 0 Å². The molecule has 2 aromatic heterocycles. The van der Waals surface area contributed by atoms with Crippen LogP contribution in [0.25, 0.3) is 0 Å². The number of hydrogen-bond acceptors (Lipinski definition) is 8. The molecule has 0 spiro atoms. The number of pyridine rings is 1. The molecule has 1 saturated heterocycles. The Balaban J connectivity index is 1.63. The smallest absolute Gasteiger partial charge is 0.271 e. The van der Waals surface area contributed by atoms with Gasteiger partial charge in [-0.2, -0.15) is 4.98 Å². The summed E-state index contributed by atoms with van der Waals surface area (Å²) in [6, 6.07) is 5.85. The molecule has 1 amide bonds. The van der Waals surface area contributed by atoms with Gasteiger partial charge in [-0.1, -0.05) is 6.07 Å². The molecule has 9 nitrogen and oxygen atoms in total. The second kappa shape index (κ2) is 9.15. The van der Waals surface area contributed by atoms with Crippen LogP contribution in [0.15, 0.2) is 30.6 Å². The van der Waals surface area contributed by atoms with Gasteiger partial charge in [-0.25, -0.2) is 4.98 Å². The minimum Gasteiger partial charge on any atom is -0.378 e. The number of likely N-dealkylation sites (N-methyl/N-ethyl adjacent to an activating group) is 1. The molecule has 1 fully saturated rings. The van der Waals surface area contributed by atoms with Crippen molar-refractivity contribution < 1.29 is 9.53 Å². The van der Waals surface area contributed by atoms with Gasteiger partial charge in [0.15, 0.2) is 0 Å². The molecule has 9 heteroatoms. The van der Waals surface area contributed by atoms with Crippen molar-refractivity contribution in [3.05, 3.63) is 41.9 Å². The van der Waals surface area contributed by atoms with Crippen LogP contribution in [-0.4, -0.2) is 91.2 Å². The molecule has 0 radical (unpaired) electrons. The second-order valence-corrected chi connectivity index (χ2v) is 7.55. The molecule has 0 unspecified atom stereocenters. The lowest BCUT2D eigenvalue weighted by Crippen LogP contribution is -2.39. The van der Waals surface area contributed by atoms with Crippen LogP contribution in [-0.2, 0) is 11.3 Å². The van der Waals surface area contributed by atoms with E-state index >= 15 is 0 Å². The third kappa shape index (κ3) is 4.99. The van der Waals surface area contributed by atoms with Gasteiger partial charge >= 0.3 is 0 Å². The largest absolute Gasteiger partial charge is 0.378 e. The highest BCUT2D eigenvalue weighted by Gasteiger charge is 2.35. The molecule has 3 heterocycles. The highest BCUT2D eigenvalue weighted by atomic mass is 16.5. The summed E-state index contributed by atoms with van der Waals surface area (Å²) < 4.78 is 5.64. The fraction of sp³-hybridized carbons (Fsp3) is 0.500. The minimum atomic E-state index is -0.114. The average Bonchev–Trinajstić information content (AvgIpc) is 3.17. The Morgan fingerprint density at radius 1 is 1.21 bits per heavy atom. The third-order valence-electron chi connectivity index (χ3n) is 5.07. The number of carbonyl (C=O) groups excluding carboxylic acids is 1. The van der Waals surface area contributed by atoms with Crippen molar-refractivity contribution in [1.82, 2.24) is 24.8 Å². The number of amides is 1. The summed E-state index contributed by atoms with van der Waals surface area (Å²) in [5.74, 6) is 1.31. The molecule has 2 atom stereocenters. The average molecular weight is 399 g/mol. The number of methoxy groups -OCH3 is 1.